The molecule has 0 aliphatic carbocycles. The van der Waals surface area contributed by atoms with Gasteiger partial charge in [-0.15, -0.1) is 23.1 Å². The van der Waals surface area contributed by atoms with Crippen molar-refractivity contribution in [1.29, 1.82) is 0 Å². The number of thioether (sulfide) groups is 1. The number of nitrogens with zero attached hydrogens (tertiary/aromatic N) is 2. The Balaban J connectivity index is 1.52. The molecule has 11 heteroatoms. The Bertz CT molecular complexity index is 1120. The van der Waals surface area contributed by atoms with Gasteiger partial charge in [0.05, 0.1) is 16.9 Å². The maximum absolute atomic E-state index is 12.3. The second-order valence-corrected chi connectivity index (χ2v) is 8.60. The summed E-state index contributed by atoms with van der Waals surface area (Å²) in [6.07, 6.45) is -0.713. The van der Waals surface area contributed by atoms with Gasteiger partial charge in [0.2, 0.25) is 5.91 Å². The van der Waals surface area contributed by atoms with Gasteiger partial charge in [-0.05, 0) is 33.3 Å². The molecular weight excluding hydrogens is 416 g/mol. The van der Waals surface area contributed by atoms with Crippen molar-refractivity contribution in [2.24, 2.45) is 0 Å². The second-order valence-electron chi connectivity index (χ2n) is 6.41. The van der Waals surface area contributed by atoms with Crippen LogP contribution in [0, 0.1) is 20.8 Å². The van der Waals surface area contributed by atoms with Crippen molar-refractivity contribution >= 4 is 51.0 Å². The lowest BCUT2D eigenvalue weighted by Crippen LogP contribution is -2.19. The topological polar surface area (TPSA) is 127 Å². The number of hydrogen-bond donors (Lipinski definition) is 2. The molecule has 1 amide bonds. The summed E-state index contributed by atoms with van der Waals surface area (Å²) in [5, 5.41) is 6.80. The minimum Gasteiger partial charge on any atom is -0.454 e. The van der Waals surface area contributed by atoms with Crippen molar-refractivity contribution in [3.8, 4) is 0 Å². The van der Waals surface area contributed by atoms with E-state index in [1.807, 2.05) is 13.8 Å². The number of esters is 1. The molecule has 0 aliphatic heterocycles. The average molecular weight is 437 g/mol. The first-order chi connectivity index (χ1) is 13.7. The molecule has 3 rings (SSSR count). The highest BCUT2D eigenvalue weighted by atomic mass is 32.2. The maximum Gasteiger partial charge on any atom is 0.316 e. The minimum atomic E-state index is -0.713. The van der Waals surface area contributed by atoms with Gasteiger partial charge in [0.25, 0.3) is 5.56 Å². The van der Waals surface area contributed by atoms with Crippen LogP contribution in [0.1, 0.15) is 35.1 Å². The predicted molar refractivity (Wildman–Crippen MR) is 111 cm³/mol. The molecule has 0 aromatic carbocycles. The quantitative estimate of drug-likeness (QED) is 0.541. The average Bonchev–Trinajstić information content (AvgIpc) is 3.17. The number of aromatic nitrogens is 3. The molecule has 0 bridgehead atoms. The first kappa shape index (κ1) is 21.1. The fourth-order valence-corrected chi connectivity index (χ4v) is 4.21. The van der Waals surface area contributed by atoms with Crippen molar-refractivity contribution in [1.82, 2.24) is 15.1 Å². The van der Waals surface area contributed by atoms with E-state index in [-0.39, 0.29) is 23.0 Å². The van der Waals surface area contributed by atoms with Gasteiger partial charge in [-0.2, -0.15) is 0 Å². The van der Waals surface area contributed by atoms with Crippen molar-refractivity contribution in [3.05, 3.63) is 38.4 Å². The first-order valence-electron chi connectivity index (χ1n) is 8.75. The highest BCUT2D eigenvalue weighted by molar-refractivity contribution is 8.00. The van der Waals surface area contributed by atoms with Crippen LogP contribution in [-0.4, -0.2) is 38.5 Å². The minimum absolute atomic E-state index is 0.0146. The van der Waals surface area contributed by atoms with Gasteiger partial charge in [0, 0.05) is 10.9 Å². The van der Waals surface area contributed by atoms with E-state index < -0.39 is 12.1 Å². The Labute approximate surface area is 174 Å². The molecule has 29 heavy (non-hydrogen) atoms. The number of thiophene rings is 1. The molecule has 0 spiro atoms. The number of anilines is 1. The number of carbonyl (C=O) groups excluding carboxylic acids is 2. The van der Waals surface area contributed by atoms with E-state index in [4.69, 9.17) is 9.26 Å². The summed E-state index contributed by atoms with van der Waals surface area (Å²) >= 11 is 2.54. The summed E-state index contributed by atoms with van der Waals surface area (Å²) in [5.41, 5.74) is 0.661. The zero-order valence-corrected chi connectivity index (χ0v) is 18.0. The van der Waals surface area contributed by atoms with E-state index in [1.54, 1.807) is 19.9 Å². The number of hydrogen-bond acceptors (Lipinski definition) is 9. The van der Waals surface area contributed by atoms with Gasteiger partial charge < -0.3 is 19.6 Å². The molecule has 0 unspecified atom stereocenters. The highest BCUT2D eigenvalue weighted by Crippen LogP contribution is 2.27. The Morgan fingerprint density at radius 2 is 2.10 bits per heavy atom. The molecule has 0 fully saturated rings. The van der Waals surface area contributed by atoms with Crippen molar-refractivity contribution in [2.45, 2.75) is 33.8 Å². The van der Waals surface area contributed by atoms with Gasteiger partial charge in [0.15, 0.2) is 17.7 Å². The molecule has 3 aromatic rings. The second kappa shape index (κ2) is 8.78. The van der Waals surface area contributed by atoms with Gasteiger partial charge in [-0.25, -0.2) is 4.98 Å². The molecule has 1 atom stereocenters. The van der Waals surface area contributed by atoms with Crippen LogP contribution in [-0.2, 0) is 14.3 Å². The van der Waals surface area contributed by atoms with E-state index in [0.717, 1.165) is 22.2 Å². The SMILES string of the molecule is Cc1cc(NC(=O)CSCC(=O)O[C@H](C)c2nc3sc(C)c(C)c3c(=O)[nH]2)no1. The van der Waals surface area contributed by atoms with E-state index in [9.17, 15) is 14.4 Å². The fraction of sp³-hybridized carbons (Fsp3) is 0.389. The van der Waals surface area contributed by atoms with E-state index in [1.165, 1.54) is 11.3 Å². The van der Waals surface area contributed by atoms with Crippen LogP contribution in [0.15, 0.2) is 15.4 Å². The normalized spacial score (nSPS) is 12.1. The summed E-state index contributed by atoms with van der Waals surface area (Å²) in [5.74, 6) is 0.444. The number of ether oxygens (including phenoxy) is 1. The van der Waals surface area contributed by atoms with Crippen molar-refractivity contribution in [2.75, 3.05) is 16.8 Å². The number of aromatic amines is 1. The number of rotatable bonds is 7. The molecule has 2 N–H and O–H groups in total. The Morgan fingerprint density at radius 1 is 1.34 bits per heavy atom. The third-order valence-corrected chi connectivity index (χ3v) is 6.11. The van der Waals surface area contributed by atoms with E-state index in [0.29, 0.717) is 27.6 Å². The summed E-state index contributed by atoms with van der Waals surface area (Å²) in [6, 6.07) is 1.60. The molecule has 3 heterocycles. The zero-order valence-electron chi connectivity index (χ0n) is 16.3. The van der Waals surface area contributed by atoms with Crippen LogP contribution in [0.5, 0.6) is 0 Å². The van der Waals surface area contributed by atoms with Crippen LogP contribution in [0.25, 0.3) is 10.2 Å². The smallest absolute Gasteiger partial charge is 0.316 e. The van der Waals surface area contributed by atoms with Crippen molar-refractivity contribution in [3.63, 3.8) is 0 Å². The summed E-state index contributed by atoms with van der Waals surface area (Å²) < 4.78 is 10.2. The van der Waals surface area contributed by atoms with E-state index in [2.05, 4.69) is 20.4 Å². The maximum atomic E-state index is 12.3. The van der Waals surface area contributed by atoms with Crippen LogP contribution < -0.4 is 10.9 Å². The molecule has 0 saturated carbocycles. The van der Waals surface area contributed by atoms with Crippen LogP contribution >= 0.6 is 23.1 Å². The molecular formula is C18H20N4O5S2. The van der Waals surface area contributed by atoms with Gasteiger partial charge >= 0.3 is 5.97 Å². The van der Waals surface area contributed by atoms with Crippen LogP contribution in [0.2, 0.25) is 0 Å². The summed E-state index contributed by atoms with van der Waals surface area (Å²) in [7, 11) is 0. The number of amides is 1. The third-order valence-electron chi connectivity index (χ3n) is 4.10. The van der Waals surface area contributed by atoms with E-state index >= 15 is 0 Å². The lowest BCUT2D eigenvalue weighted by molar-refractivity contribution is -0.145. The summed E-state index contributed by atoms with van der Waals surface area (Å²) in [6.45, 7) is 7.17. The van der Waals surface area contributed by atoms with Crippen LogP contribution in [0.3, 0.4) is 0 Å². The molecule has 0 aliphatic rings. The zero-order chi connectivity index (χ0) is 21.1. The largest absolute Gasteiger partial charge is 0.454 e. The number of nitrogens with one attached hydrogen (secondary N) is 2. The monoisotopic (exact) mass is 436 g/mol. The Morgan fingerprint density at radius 3 is 2.79 bits per heavy atom. The van der Waals surface area contributed by atoms with Gasteiger partial charge in [-0.1, -0.05) is 5.16 Å². The molecule has 154 valence electrons. The highest BCUT2D eigenvalue weighted by Gasteiger charge is 2.18. The number of H-pyrrole nitrogens is 1. The molecule has 9 nitrogen and oxygen atoms in total. The van der Waals surface area contributed by atoms with Crippen molar-refractivity contribution < 1.29 is 18.8 Å². The van der Waals surface area contributed by atoms with Gasteiger partial charge in [-0.3, -0.25) is 14.4 Å². The fourth-order valence-electron chi connectivity index (χ4n) is 2.58. The molecule has 3 aromatic heterocycles. The lowest BCUT2D eigenvalue weighted by Gasteiger charge is -2.12. The molecule has 0 radical (unpaired) electrons. The number of fused-ring (bicyclic) bond motifs is 1. The first-order valence-corrected chi connectivity index (χ1v) is 10.7. The van der Waals surface area contributed by atoms with Crippen LogP contribution in [0.4, 0.5) is 5.82 Å². The lowest BCUT2D eigenvalue weighted by atomic mass is 10.2. The van der Waals surface area contributed by atoms with Gasteiger partial charge in [0.1, 0.15) is 10.6 Å². The Hall–Kier alpha value is -2.66. The predicted octanol–water partition coefficient (Wildman–Crippen LogP) is 2.87. The Kier molecular flexibility index (Phi) is 6.38. The summed E-state index contributed by atoms with van der Waals surface area (Å²) in [4.78, 5) is 45.0. The number of aryl methyl sites for hydroxylation is 3. The standard InChI is InChI=1S/C18H20N4O5S2/c1-8-5-12(22-27-8)19-13(23)6-28-7-14(24)26-10(3)16-20-17(25)15-9(2)11(4)29-18(15)21-16/h5,10H,6-7H2,1-4H3,(H,19,22,23)(H,20,21,25)/t10-/m1/s1. The number of carbonyl (C=O) groups is 2. The third kappa shape index (κ3) is 5.04. The molecule has 0 saturated heterocycles.